The first-order valence-corrected chi connectivity index (χ1v) is 9.51. The minimum absolute atomic E-state index is 0. The molecule has 0 aliphatic rings. The molecule has 1 aromatic rings. The van der Waals surface area contributed by atoms with E-state index >= 15 is 0 Å². The van der Waals surface area contributed by atoms with Crippen LogP contribution in [0.2, 0.25) is 0 Å². The molecule has 0 bridgehead atoms. The van der Waals surface area contributed by atoms with Gasteiger partial charge in [0.2, 0.25) is 0 Å². The molecule has 0 heterocycles. The average molecular weight is 476 g/mol. The molecule has 1 unspecified atom stereocenters. The van der Waals surface area contributed by atoms with Crippen LogP contribution in [0, 0.1) is 0 Å². The molecule has 0 saturated heterocycles. The number of benzene rings is 1. The maximum atomic E-state index is 5.35. The SMILES string of the molecule is CCNC(=NCCCOCC)NCCC(C)N(C)Cc1ccccc1.I. The van der Waals surface area contributed by atoms with Gasteiger partial charge < -0.3 is 15.4 Å². The number of hydrogen-bond acceptors (Lipinski definition) is 3. The van der Waals surface area contributed by atoms with E-state index in [0.717, 1.165) is 58.2 Å². The summed E-state index contributed by atoms with van der Waals surface area (Å²) in [7, 11) is 2.19. The summed E-state index contributed by atoms with van der Waals surface area (Å²) >= 11 is 0. The van der Waals surface area contributed by atoms with Crippen LogP contribution in [0.1, 0.15) is 39.2 Å². The Hall–Kier alpha value is -0.860. The summed E-state index contributed by atoms with van der Waals surface area (Å²) in [6.45, 7) is 11.5. The van der Waals surface area contributed by atoms with Crippen LogP contribution in [0.25, 0.3) is 0 Å². The molecule has 1 aromatic carbocycles. The van der Waals surface area contributed by atoms with Crippen LogP contribution in [0.4, 0.5) is 0 Å². The van der Waals surface area contributed by atoms with Gasteiger partial charge in [-0.1, -0.05) is 30.3 Å². The van der Waals surface area contributed by atoms with Crippen LogP contribution < -0.4 is 10.6 Å². The number of rotatable bonds is 12. The summed E-state index contributed by atoms with van der Waals surface area (Å²) in [5, 5.41) is 6.73. The minimum Gasteiger partial charge on any atom is -0.382 e. The van der Waals surface area contributed by atoms with Crippen molar-refractivity contribution < 1.29 is 4.74 Å². The molecule has 0 spiro atoms. The van der Waals surface area contributed by atoms with E-state index in [-0.39, 0.29) is 24.0 Å². The predicted octanol–water partition coefficient (Wildman–Crippen LogP) is 3.50. The Morgan fingerprint density at radius 3 is 2.58 bits per heavy atom. The van der Waals surface area contributed by atoms with E-state index in [9.17, 15) is 0 Å². The van der Waals surface area contributed by atoms with Gasteiger partial charge in [0.25, 0.3) is 0 Å². The van der Waals surface area contributed by atoms with Gasteiger partial charge in [-0.3, -0.25) is 9.89 Å². The normalized spacial score (nSPS) is 12.6. The monoisotopic (exact) mass is 476 g/mol. The molecule has 1 atom stereocenters. The number of nitrogens with one attached hydrogen (secondary N) is 2. The smallest absolute Gasteiger partial charge is 0.191 e. The first kappa shape index (κ1) is 25.1. The third kappa shape index (κ3) is 11.7. The highest BCUT2D eigenvalue weighted by atomic mass is 127. The van der Waals surface area contributed by atoms with E-state index in [0.29, 0.717) is 6.04 Å². The van der Waals surface area contributed by atoms with Crippen molar-refractivity contribution in [2.45, 2.75) is 46.2 Å². The summed E-state index contributed by atoms with van der Waals surface area (Å²) in [6.07, 6.45) is 2.04. The Kier molecular flexibility index (Phi) is 15.8. The summed E-state index contributed by atoms with van der Waals surface area (Å²) in [5.41, 5.74) is 1.36. The lowest BCUT2D eigenvalue weighted by Crippen LogP contribution is -2.40. The Bertz CT molecular complexity index is 470. The molecule has 0 saturated carbocycles. The highest BCUT2D eigenvalue weighted by molar-refractivity contribution is 14.0. The lowest BCUT2D eigenvalue weighted by molar-refractivity contribution is 0.146. The first-order chi connectivity index (χ1) is 12.2. The van der Waals surface area contributed by atoms with E-state index in [2.05, 4.69) is 71.8 Å². The standard InChI is InChI=1S/C20H36N4O.HI/c1-5-21-20(22-14-10-16-25-6-2)23-15-13-18(3)24(4)17-19-11-8-7-9-12-19;/h7-9,11-12,18H,5-6,10,13-17H2,1-4H3,(H2,21,22,23);1H. The molecule has 0 aliphatic carbocycles. The van der Waals surface area contributed by atoms with E-state index in [4.69, 9.17) is 4.74 Å². The first-order valence-electron chi connectivity index (χ1n) is 9.51. The zero-order chi connectivity index (χ0) is 18.3. The molecule has 26 heavy (non-hydrogen) atoms. The fourth-order valence-corrected chi connectivity index (χ4v) is 2.49. The quantitative estimate of drug-likeness (QED) is 0.210. The summed E-state index contributed by atoms with van der Waals surface area (Å²) in [6, 6.07) is 11.1. The Balaban J connectivity index is 0.00000625. The largest absolute Gasteiger partial charge is 0.382 e. The molecule has 150 valence electrons. The second-order valence-corrected chi connectivity index (χ2v) is 6.28. The number of aliphatic imine (C=N–C) groups is 1. The number of nitrogens with zero attached hydrogens (tertiary/aromatic N) is 2. The third-order valence-corrected chi connectivity index (χ3v) is 4.15. The Morgan fingerprint density at radius 2 is 1.92 bits per heavy atom. The van der Waals surface area contributed by atoms with Crippen LogP contribution in [-0.2, 0) is 11.3 Å². The van der Waals surface area contributed by atoms with E-state index in [1.165, 1.54) is 5.56 Å². The van der Waals surface area contributed by atoms with E-state index in [1.807, 2.05) is 6.92 Å². The number of ether oxygens (including phenoxy) is 1. The third-order valence-electron chi connectivity index (χ3n) is 4.15. The van der Waals surface area contributed by atoms with Gasteiger partial charge in [-0.2, -0.15) is 0 Å². The van der Waals surface area contributed by atoms with Crippen LogP contribution >= 0.6 is 24.0 Å². The lowest BCUT2D eigenvalue weighted by Gasteiger charge is -2.25. The predicted molar refractivity (Wildman–Crippen MR) is 122 cm³/mol. The summed E-state index contributed by atoms with van der Waals surface area (Å²) in [4.78, 5) is 6.99. The number of hydrogen-bond donors (Lipinski definition) is 2. The van der Waals surface area contributed by atoms with Gasteiger partial charge in [0.1, 0.15) is 0 Å². The van der Waals surface area contributed by atoms with Crippen LogP contribution in [0.15, 0.2) is 35.3 Å². The Labute approximate surface area is 177 Å². The highest BCUT2D eigenvalue weighted by Gasteiger charge is 2.09. The maximum Gasteiger partial charge on any atom is 0.191 e. The second kappa shape index (κ2) is 16.3. The summed E-state index contributed by atoms with van der Waals surface area (Å²) < 4.78 is 5.35. The van der Waals surface area contributed by atoms with Crippen molar-refractivity contribution in [3.8, 4) is 0 Å². The van der Waals surface area contributed by atoms with Gasteiger partial charge in [0, 0.05) is 45.4 Å². The second-order valence-electron chi connectivity index (χ2n) is 6.28. The van der Waals surface area contributed by atoms with Gasteiger partial charge in [-0.25, -0.2) is 0 Å². The van der Waals surface area contributed by atoms with Gasteiger partial charge in [0.15, 0.2) is 5.96 Å². The maximum absolute atomic E-state index is 5.35. The van der Waals surface area contributed by atoms with E-state index < -0.39 is 0 Å². The van der Waals surface area contributed by atoms with Gasteiger partial charge >= 0.3 is 0 Å². The topological polar surface area (TPSA) is 48.9 Å². The fourth-order valence-electron chi connectivity index (χ4n) is 2.49. The zero-order valence-corrected chi connectivity index (χ0v) is 19.2. The fraction of sp³-hybridized carbons (Fsp3) is 0.650. The molecule has 6 heteroatoms. The van der Waals surface area contributed by atoms with Crippen molar-refractivity contribution in [3.05, 3.63) is 35.9 Å². The van der Waals surface area contributed by atoms with Crippen molar-refractivity contribution in [2.75, 3.05) is 39.9 Å². The lowest BCUT2D eigenvalue weighted by atomic mass is 10.1. The molecule has 1 rings (SSSR count). The number of guanidine groups is 1. The highest BCUT2D eigenvalue weighted by Crippen LogP contribution is 2.07. The van der Waals surface area contributed by atoms with Gasteiger partial charge in [-0.05, 0) is 46.2 Å². The van der Waals surface area contributed by atoms with Crippen LogP contribution in [0.5, 0.6) is 0 Å². The average Bonchev–Trinajstić information content (AvgIpc) is 2.62. The van der Waals surface area contributed by atoms with Crippen LogP contribution in [-0.4, -0.2) is 56.8 Å². The molecule has 2 N–H and O–H groups in total. The minimum atomic E-state index is 0. The van der Waals surface area contributed by atoms with Crippen LogP contribution in [0.3, 0.4) is 0 Å². The molecule has 0 radical (unpaired) electrons. The van der Waals surface area contributed by atoms with Gasteiger partial charge in [0.05, 0.1) is 0 Å². The molecule has 0 amide bonds. The molecule has 0 fully saturated rings. The van der Waals surface area contributed by atoms with Crippen molar-refractivity contribution >= 4 is 29.9 Å². The van der Waals surface area contributed by atoms with Crippen molar-refractivity contribution in [1.82, 2.24) is 15.5 Å². The van der Waals surface area contributed by atoms with Crippen molar-refractivity contribution in [2.24, 2.45) is 4.99 Å². The Morgan fingerprint density at radius 1 is 1.19 bits per heavy atom. The van der Waals surface area contributed by atoms with E-state index in [1.54, 1.807) is 0 Å². The summed E-state index contributed by atoms with van der Waals surface area (Å²) in [5.74, 6) is 0.900. The molecule has 0 aliphatic heterocycles. The zero-order valence-electron chi connectivity index (χ0n) is 16.8. The number of halogens is 1. The molecule has 5 nitrogen and oxygen atoms in total. The molecule has 0 aromatic heterocycles. The van der Waals surface area contributed by atoms with Crippen molar-refractivity contribution in [3.63, 3.8) is 0 Å². The van der Waals surface area contributed by atoms with Crippen molar-refractivity contribution in [1.29, 1.82) is 0 Å². The molecular formula is C20H37IN4O. The van der Waals surface area contributed by atoms with Gasteiger partial charge in [-0.15, -0.1) is 24.0 Å². The molecular weight excluding hydrogens is 439 g/mol.